The number of nitro groups is 1. The maximum atomic E-state index is 12.6. The highest BCUT2D eigenvalue weighted by atomic mass is 16.6. The van der Waals surface area contributed by atoms with Crippen molar-refractivity contribution < 1.29 is 14.5 Å². The molecule has 30 heavy (non-hydrogen) atoms. The van der Waals surface area contributed by atoms with Gasteiger partial charge in [-0.25, -0.2) is 10.2 Å². The molecular weight excluding hydrogens is 386 g/mol. The van der Waals surface area contributed by atoms with Gasteiger partial charge in [0.05, 0.1) is 10.5 Å². The molecule has 0 radical (unpaired) electrons. The fourth-order valence-corrected chi connectivity index (χ4v) is 4.04. The van der Waals surface area contributed by atoms with Crippen molar-refractivity contribution in [1.82, 2.24) is 10.4 Å². The van der Waals surface area contributed by atoms with Crippen LogP contribution in [0, 0.1) is 17.0 Å². The average molecular weight is 409 g/mol. The number of amides is 3. The number of nitrogens with one attached hydrogen (secondary N) is 2. The Labute approximate surface area is 173 Å². The Morgan fingerprint density at radius 1 is 1.17 bits per heavy atom. The number of nitrogens with zero attached hydrogens (tertiary/aromatic N) is 3. The second-order valence-corrected chi connectivity index (χ2v) is 7.86. The molecule has 2 heterocycles. The Balaban J connectivity index is 1.38. The summed E-state index contributed by atoms with van der Waals surface area (Å²) < 4.78 is 0. The van der Waals surface area contributed by atoms with Gasteiger partial charge in [-0.05, 0) is 49.6 Å². The molecule has 2 saturated heterocycles. The first-order valence-electron chi connectivity index (χ1n) is 9.83. The number of imide groups is 1. The zero-order chi connectivity index (χ0) is 21.3. The van der Waals surface area contributed by atoms with Gasteiger partial charge in [-0.3, -0.25) is 14.9 Å². The molecule has 0 atom stereocenters. The number of benzene rings is 2. The van der Waals surface area contributed by atoms with Gasteiger partial charge in [-0.1, -0.05) is 12.1 Å². The molecule has 2 aliphatic rings. The molecule has 9 nitrogen and oxygen atoms in total. The number of piperidine rings is 1. The number of carbonyl (C=O) groups is 2. The Hall–Kier alpha value is -3.46. The van der Waals surface area contributed by atoms with Crippen molar-refractivity contribution >= 4 is 29.0 Å². The second-order valence-electron chi connectivity index (χ2n) is 7.86. The average Bonchev–Trinajstić information content (AvgIpc) is 3.04. The first-order valence-corrected chi connectivity index (χ1v) is 9.83. The van der Waals surface area contributed by atoms with Crippen LogP contribution >= 0.6 is 0 Å². The van der Waals surface area contributed by atoms with Crippen LogP contribution in [-0.4, -0.2) is 40.5 Å². The maximum Gasteiger partial charge on any atom is 0.343 e. The fourth-order valence-electron chi connectivity index (χ4n) is 4.04. The number of hydrogen-bond acceptors (Lipinski definition) is 6. The lowest BCUT2D eigenvalue weighted by Gasteiger charge is -2.40. The van der Waals surface area contributed by atoms with Gasteiger partial charge in [-0.2, -0.15) is 5.01 Å². The number of hydrogen-bond donors (Lipinski definition) is 2. The molecule has 3 amide bonds. The highest BCUT2D eigenvalue weighted by Crippen LogP contribution is 2.33. The number of nitro benzene ring substituents is 1. The number of carbonyl (C=O) groups excluding carboxylic acids is 2. The van der Waals surface area contributed by atoms with Crippen LogP contribution in [0.2, 0.25) is 0 Å². The topological polar surface area (TPSA) is 108 Å². The van der Waals surface area contributed by atoms with Gasteiger partial charge in [-0.15, -0.1) is 0 Å². The zero-order valence-electron chi connectivity index (χ0n) is 16.6. The van der Waals surface area contributed by atoms with Crippen LogP contribution in [0.25, 0.3) is 0 Å². The van der Waals surface area contributed by atoms with Crippen molar-refractivity contribution in [3.8, 4) is 0 Å². The molecule has 2 aromatic carbocycles. The van der Waals surface area contributed by atoms with E-state index in [1.807, 2.05) is 25.1 Å². The number of anilines is 2. The number of rotatable bonds is 3. The zero-order valence-corrected chi connectivity index (χ0v) is 16.6. The summed E-state index contributed by atoms with van der Waals surface area (Å²) in [6.07, 6.45) is 1.64. The molecule has 0 aliphatic carbocycles. The van der Waals surface area contributed by atoms with Gasteiger partial charge in [0.25, 0.3) is 5.69 Å². The maximum absolute atomic E-state index is 12.6. The van der Waals surface area contributed by atoms with Crippen LogP contribution in [0.1, 0.15) is 24.8 Å². The quantitative estimate of drug-likeness (QED) is 0.595. The Kier molecular flexibility index (Phi) is 5.13. The Bertz CT molecular complexity index is 983. The number of urea groups is 1. The van der Waals surface area contributed by atoms with E-state index in [0.29, 0.717) is 31.6 Å². The third-order valence-electron chi connectivity index (χ3n) is 5.71. The molecule has 2 N–H and O–H groups in total. The lowest BCUT2D eigenvalue weighted by Crippen LogP contribution is -2.55. The molecule has 2 aliphatic heterocycles. The van der Waals surface area contributed by atoms with Crippen LogP contribution < -0.4 is 15.6 Å². The molecule has 0 saturated carbocycles. The van der Waals surface area contributed by atoms with E-state index in [1.54, 1.807) is 18.2 Å². The predicted octanol–water partition coefficient (Wildman–Crippen LogP) is 3.21. The SMILES string of the molecule is Cc1cccc(NC(=O)N2NC3(CCN(c4ccc([N+](=O)[O-])cc4)CC3)CC2=O)c1. The van der Waals surface area contributed by atoms with Crippen LogP contribution in [-0.2, 0) is 4.79 Å². The molecular formula is C21H23N5O4. The highest BCUT2D eigenvalue weighted by Gasteiger charge is 2.47. The van der Waals surface area contributed by atoms with Gasteiger partial charge in [0.15, 0.2) is 0 Å². The first kappa shape index (κ1) is 19.8. The van der Waals surface area contributed by atoms with Crippen molar-refractivity contribution in [2.24, 2.45) is 0 Å². The summed E-state index contributed by atoms with van der Waals surface area (Å²) in [6, 6.07) is 13.4. The smallest absolute Gasteiger partial charge is 0.343 e. The summed E-state index contributed by atoms with van der Waals surface area (Å²) in [5, 5.41) is 14.7. The summed E-state index contributed by atoms with van der Waals surface area (Å²) in [7, 11) is 0. The third-order valence-corrected chi connectivity index (χ3v) is 5.71. The lowest BCUT2D eigenvalue weighted by atomic mass is 9.86. The van der Waals surface area contributed by atoms with E-state index in [-0.39, 0.29) is 18.0 Å². The molecule has 2 fully saturated rings. The van der Waals surface area contributed by atoms with E-state index in [9.17, 15) is 19.7 Å². The number of non-ortho nitro benzene ring substituents is 1. The summed E-state index contributed by atoms with van der Waals surface area (Å²) in [5.74, 6) is -0.246. The molecule has 9 heteroatoms. The molecule has 156 valence electrons. The van der Waals surface area contributed by atoms with E-state index in [4.69, 9.17) is 0 Å². The van der Waals surface area contributed by atoms with Crippen LogP contribution in [0.5, 0.6) is 0 Å². The summed E-state index contributed by atoms with van der Waals surface area (Å²) >= 11 is 0. The Morgan fingerprint density at radius 3 is 2.50 bits per heavy atom. The second kappa shape index (κ2) is 7.75. The van der Waals surface area contributed by atoms with E-state index < -0.39 is 16.5 Å². The molecule has 4 rings (SSSR count). The molecule has 1 spiro atoms. The van der Waals surface area contributed by atoms with Crippen molar-refractivity contribution in [3.63, 3.8) is 0 Å². The monoisotopic (exact) mass is 409 g/mol. The third kappa shape index (κ3) is 3.97. The first-order chi connectivity index (χ1) is 14.3. The minimum Gasteiger partial charge on any atom is -0.371 e. The van der Waals surface area contributed by atoms with E-state index in [0.717, 1.165) is 16.3 Å². The standard InChI is InChI=1S/C21H23N5O4/c1-15-3-2-4-16(13-15)22-20(28)25-19(27)14-21(23-25)9-11-24(12-10-21)17-5-7-18(8-6-17)26(29)30/h2-8,13,23H,9-12,14H2,1H3,(H,22,28). The van der Waals surface area contributed by atoms with Gasteiger partial charge in [0, 0.05) is 43.0 Å². The molecule has 2 aromatic rings. The van der Waals surface area contributed by atoms with Crippen LogP contribution in [0.3, 0.4) is 0 Å². The minimum atomic E-state index is -0.486. The van der Waals surface area contributed by atoms with Gasteiger partial charge >= 0.3 is 6.03 Å². The van der Waals surface area contributed by atoms with Gasteiger partial charge in [0.2, 0.25) is 5.91 Å². The Morgan fingerprint density at radius 2 is 1.87 bits per heavy atom. The summed E-state index contributed by atoms with van der Waals surface area (Å²) in [6.45, 7) is 3.31. The number of aryl methyl sites for hydroxylation is 1. The lowest BCUT2D eigenvalue weighted by molar-refractivity contribution is -0.384. The van der Waals surface area contributed by atoms with E-state index >= 15 is 0 Å². The summed E-state index contributed by atoms with van der Waals surface area (Å²) in [4.78, 5) is 37.7. The minimum absolute atomic E-state index is 0.0607. The van der Waals surface area contributed by atoms with Crippen molar-refractivity contribution in [2.45, 2.75) is 31.7 Å². The van der Waals surface area contributed by atoms with Crippen LogP contribution in [0.15, 0.2) is 48.5 Å². The van der Waals surface area contributed by atoms with Crippen molar-refractivity contribution in [3.05, 3.63) is 64.2 Å². The predicted molar refractivity (Wildman–Crippen MR) is 112 cm³/mol. The van der Waals surface area contributed by atoms with E-state index in [2.05, 4.69) is 15.6 Å². The highest BCUT2D eigenvalue weighted by molar-refractivity contribution is 6.02. The molecule has 0 unspecified atom stereocenters. The summed E-state index contributed by atoms with van der Waals surface area (Å²) in [5.41, 5.74) is 5.33. The molecule has 0 aromatic heterocycles. The van der Waals surface area contributed by atoms with E-state index in [1.165, 1.54) is 12.1 Å². The van der Waals surface area contributed by atoms with Crippen molar-refractivity contribution in [1.29, 1.82) is 0 Å². The largest absolute Gasteiger partial charge is 0.371 e. The van der Waals surface area contributed by atoms with Crippen LogP contribution in [0.4, 0.5) is 21.9 Å². The van der Waals surface area contributed by atoms with Gasteiger partial charge < -0.3 is 10.2 Å². The molecule has 0 bridgehead atoms. The van der Waals surface area contributed by atoms with Gasteiger partial charge in [0.1, 0.15) is 0 Å². The normalized spacial score (nSPS) is 18.0. The van der Waals surface area contributed by atoms with Crippen molar-refractivity contribution in [2.75, 3.05) is 23.3 Å². The fraction of sp³-hybridized carbons (Fsp3) is 0.333. The number of hydrazine groups is 1.